The Kier molecular flexibility index (Phi) is 7.17. The summed E-state index contributed by atoms with van der Waals surface area (Å²) in [6.45, 7) is 7.98. The van der Waals surface area contributed by atoms with Crippen LogP contribution in [0, 0.1) is 24.7 Å². The molecule has 3 aromatic rings. The number of carbonyl (C=O) groups excluding carboxylic acids is 1. The number of aliphatic hydroxyl groups is 1. The molecule has 0 bridgehead atoms. The van der Waals surface area contributed by atoms with Crippen molar-refractivity contribution < 1.29 is 9.90 Å². The minimum absolute atomic E-state index is 0.0383. The first kappa shape index (κ1) is 27.5. The number of hydrogen-bond donors (Lipinski definition) is 2. The first-order chi connectivity index (χ1) is 18.4. The molecule has 0 amide bonds. The third-order valence-corrected chi connectivity index (χ3v) is 8.53. The van der Waals surface area contributed by atoms with Crippen LogP contribution in [0.1, 0.15) is 54.9 Å². The maximum absolute atomic E-state index is 14.0. The van der Waals surface area contributed by atoms with Crippen LogP contribution in [0.3, 0.4) is 0 Å². The summed E-state index contributed by atoms with van der Waals surface area (Å²) < 4.78 is 0. The molecule has 4 nitrogen and oxygen atoms in total. The number of nitrogens with one attached hydrogen (secondary N) is 1. The summed E-state index contributed by atoms with van der Waals surface area (Å²) in [5.74, 6) is -0.801. The van der Waals surface area contributed by atoms with E-state index < -0.39 is 5.92 Å². The van der Waals surface area contributed by atoms with Gasteiger partial charge in [0.2, 0.25) is 0 Å². The highest BCUT2D eigenvalue weighted by molar-refractivity contribution is 6.35. The number of nitrogens with zero attached hydrogens (tertiary/aromatic N) is 1. The summed E-state index contributed by atoms with van der Waals surface area (Å²) in [6.07, 6.45) is 0.893. The molecule has 0 aromatic heterocycles. The number of halogens is 3. The summed E-state index contributed by atoms with van der Waals surface area (Å²) in [5, 5.41) is 22.8. The minimum Gasteiger partial charge on any atom is -0.507 e. The third kappa shape index (κ3) is 4.91. The van der Waals surface area contributed by atoms with Crippen LogP contribution in [0.4, 0.5) is 5.69 Å². The van der Waals surface area contributed by atoms with Crippen molar-refractivity contribution in [2.75, 3.05) is 4.90 Å². The molecule has 1 aliphatic heterocycles. The molecule has 0 fully saturated rings. The molecular formula is C32H29Cl3N2O2. The van der Waals surface area contributed by atoms with Gasteiger partial charge in [-0.15, -0.1) is 0 Å². The van der Waals surface area contributed by atoms with Gasteiger partial charge < -0.3 is 5.11 Å². The fourth-order valence-corrected chi connectivity index (χ4v) is 6.32. The number of benzene rings is 3. The molecule has 3 aromatic carbocycles. The van der Waals surface area contributed by atoms with E-state index in [1.165, 1.54) is 0 Å². The normalized spacial score (nSPS) is 20.3. The van der Waals surface area contributed by atoms with Gasteiger partial charge in [-0.2, -0.15) is 0 Å². The van der Waals surface area contributed by atoms with Crippen molar-refractivity contribution in [3.8, 4) is 0 Å². The van der Waals surface area contributed by atoms with Crippen molar-refractivity contribution in [1.29, 1.82) is 5.41 Å². The van der Waals surface area contributed by atoms with E-state index in [1.54, 1.807) is 29.2 Å². The van der Waals surface area contributed by atoms with Crippen molar-refractivity contribution >= 4 is 57.9 Å². The summed E-state index contributed by atoms with van der Waals surface area (Å²) in [7, 11) is 0. The van der Waals surface area contributed by atoms with E-state index in [4.69, 9.17) is 34.8 Å². The molecule has 5 rings (SSSR count). The first-order valence-corrected chi connectivity index (χ1v) is 13.9. The molecule has 0 radical (unpaired) electrons. The summed E-state index contributed by atoms with van der Waals surface area (Å²) >= 11 is 19.5. The van der Waals surface area contributed by atoms with E-state index in [1.807, 2.05) is 50.2 Å². The predicted octanol–water partition coefficient (Wildman–Crippen LogP) is 9.46. The van der Waals surface area contributed by atoms with Crippen LogP contribution in [-0.4, -0.2) is 16.7 Å². The monoisotopic (exact) mass is 578 g/mol. The Morgan fingerprint density at radius 2 is 1.67 bits per heavy atom. The Hall–Kier alpha value is -3.05. The van der Waals surface area contributed by atoms with Crippen LogP contribution in [-0.2, 0) is 4.79 Å². The van der Waals surface area contributed by atoms with Gasteiger partial charge in [0.1, 0.15) is 11.6 Å². The van der Waals surface area contributed by atoms with Crippen molar-refractivity contribution in [1.82, 2.24) is 0 Å². The molecule has 7 heteroatoms. The largest absolute Gasteiger partial charge is 0.507 e. The molecule has 0 saturated heterocycles. The lowest BCUT2D eigenvalue weighted by atomic mass is 9.67. The second-order valence-corrected chi connectivity index (χ2v) is 12.3. The summed E-state index contributed by atoms with van der Waals surface area (Å²) in [5.41, 5.74) is 4.91. The number of hydrogen-bond acceptors (Lipinski definition) is 3. The first-order valence-electron chi connectivity index (χ1n) is 12.7. The second kappa shape index (κ2) is 10.2. The smallest absolute Gasteiger partial charge is 0.162 e. The van der Waals surface area contributed by atoms with Crippen LogP contribution in [0.2, 0.25) is 15.1 Å². The van der Waals surface area contributed by atoms with Crippen LogP contribution in [0.25, 0.3) is 5.76 Å². The average molecular weight is 580 g/mol. The topological polar surface area (TPSA) is 64.4 Å². The Morgan fingerprint density at radius 1 is 0.974 bits per heavy atom. The molecule has 0 spiro atoms. The van der Waals surface area contributed by atoms with E-state index in [0.717, 1.165) is 16.8 Å². The Balaban J connectivity index is 1.90. The van der Waals surface area contributed by atoms with Gasteiger partial charge in [0, 0.05) is 49.8 Å². The molecule has 1 atom stereocenters. The Bertz CT molecular complexity index is 1590. The quantitative estimate of drug-likeness (QED) is 0.304. The standard InChI is InChI=1S/C32H29Cl3N2O2/c1-17-8-10-19(11-9-17)30(39)29-27(21-13-12-20(33)14-23(21)35)28-25(15-32(3,4)16-26(28)38)37(31(29)36)24-7-5-6-22(34)18(24)2/h5-14,27,36,39H,15-16H2,1-4H3/b30-29+,36-31?. The van der Waals surface area contributed by atoms with Crippen molar-refractivity contribution in [3.05, 3.63) is 115 Å². The number of aryl methyl sites for hydroxylation is 1. The van der Waals surface area contributed by atoms with Gasteiger partial charge >= 0.3 is 0 Å². The number of amidine groups is 1. The molecule has 1 heterocycles. The Labute approximate surface area is 244 Å². The fraction of sp³-hybridized carbons (Fsp3) is 0.250. The number of carbonyl (C=O) groups is 1. The van der Waals surface area contributed by atoms with Crippen LogP contribution < -0.4 is 4.90 Å². The lowest BCUT2D eigenvalue weighted by molar-refractivity contribution is -0.118. The molecule has 1 aliphatic carbocycles. The van der Waals surface area contributed by atoms with Gasteiger partial charge in [0.25, 0.3) is 0 Å². The van der Waals surface area contributed by atoms with Crippen molar-refractivity contribution in [2.45, 2.75) is 46.5 Å². The number of allylic oxidation sites excluding steroid dienone is 2. The van der Waals surface area contributed by atoms with Crippen molar-refractivity contribution in [3.63, 3.8) is 0 Å². The maximum atomic E-state index is 14.0. The number of ketones is 1. The van der Waals surface area contributed by atoms with Gasteiger partial charge in [-0.25, -0.2) is 0 Å². The van der Waals surface area contributed by atoms with E-state index in [2.05, 4.69) is 13.8 Å². The minimum atomic E-state index is -0.752. The zero-order valence-electron chi connectivity index (χ0n) is 22.2. The molecule has 39 heavy (non-hydrogen) atoms. The number of rotatable bonds is 3. The lowest BCUT2D eigenvalue weighted by Gasteiger charge is -2.45. The molecule has 0 saturated carbocycles. The van der Waals surface area contributed by atoms with Gasteiger partial charge in [-0.3, -0.25) is 15.1 Å². The average Bonchev–Trinajstić information content (AvgIpc) is 2.85. The fourth-order valence-electron chi connectivity index (χ4n) is 5.63. The number of Topliss-reactive ketones (excluding diaryl/α,β-unsaturated/α-hetero) is 1. The number of anilines is 1. The SMILES string of the molecule is Cc1ccc(/C(O)=C2\C(=N)N(c3cccc(Cl)c3C)C3=C(C(=O)CC(C)(C)C3)C2c2ccc(Cl)cc2Cl)cc1. The zero-order chi connectivity index (χ0) is 28.2. The van der Waals surface area contributed by atoms with E-state index in [0.29, 0.717) is 55.9 Å². The van der Waals surface area contributed by atoms with Gasteiger partial charge in [0.15, 0.2) is 5.78 Å². The molecule has 2 aliphatic rings. The van der Waals surface area contributed by atoms with Gasteiger partial charge in [-0.1, -0.05) is 90.6 Å². The lowest BCUT2D eigenvalue weighted by Crippen LogP contribution is -2.45. The predicted molar refractivity (Wildman–Crippen MR) is 161 cm³/mol. The van der Waals surface area contributed by atoms with E-state index in [-0.39, 0.29) is 22.8 Å². The number of aliphatic hydroxyl groups excluding tert-OH is 1. The molecule has 200 valence electrons. The third-order valence-electron chi connectivity index (χ3n) is 7.56. The van der Waals surface area contributed by atoms with Gasteiger partial charge in [-0.05, 0) is 61.1 Å². The highest BCUT2D eigenvalue weighted by atomic mass is 35.5. The van der Waals surface area contributed by atoms with Crippen LogP contribution in [0.15, 0.2) is 77.5 Å². The highest BCUT2D eigenvalue weighted by Crippen LogP contribution is 2.53. The molecule has 1 unspecified atom stereocenters. The summed E-state index contributed by atoms with van der Waals surface area (Å²) in [4.78, 5) is 15.8. The van der Waals surface area contributed by atoms with Crippen LogP contribution >= 0.6 is 34.8 Å². The molecule has 2 N–H and O–H groups in total. The zero-order valence-corrected chi connectivity index (χ0v) is 24.5. The molecular weight excluding hydrogens is 551 g/mol. The van der Waals surface area contributed by atoms with Gasteiger partial charge in [0.05, 0.1) is 5.69 Å². The van der Waals surface area contributed by atoms with E-state index in [9.17, 15) is 15.3 Å². The van der Waals surface area contributed by atoms with Crippen molar-refractivity contribution in [2.24, 2.45) is 5.41 Å². The highest BCUT2D eigenvalue weighted by Gasteiger charge is 2.47. The Morgan fingerprint density at radius 3 is 2.33 bits per heavy atom. The maximum Gasteiger partial charge on any atom is 0.162 e. The summed E-state index contributed by atoms with van der Waals surface area (Å²) in [6, 6.07) is 18.1. The second-order valence-electron chi connectivity index (χ2n) is 11.1. The van der Waals surface area contributed by atoms with E-state index >= 15 is 0 Å². The van der Waals surface area contributed by atoms with Crippen LogP contribution in [0.5, 0.6) is 0 Å².